The molecule has 0 bridgehead atoms. The highest BCUT2D eigenvalue weighted by Gasteiger charge is 2.14. The van der Waals surface area contributed by atoms with Gasteiger partial charge in [0.05, 0.1) is 5.69 Å². The minimum Gasteiger partial charge on any atom is -0.369 e. The maximum Gasteiger partial charge on any atom is 0.152 e. The number of para-hydroxylation sites is 1. The third-order valence-electron chi connectivity index (χ3n) is 3.64. The van der Waals surface area contributed by atoms with Crippen LogP contribution in [0.25, 0.3) is 0 Å². The maximum absolute atomic E-state index is 14.0. The summed E-state index contributed by atoms with van der Waals surface area (Å²) in [5, 5.41) is 0. The zero-order valence-electron chi connectivity index (χ0n) is 12.7. The van der Waals surface area contributed by atoms with Crippen molar-refractivity contribution < 1.29 is 9.18 Å². The Morgan fingerprint density at radius 3 is 2.35 bits per heavy atom. The van der Waals surface area contributed by atoms with Crippen LogP contribution >= 0.6 is 0 Å². The predicted octanol–water partition coefficient (Wildman–Crippen LogP) is 3.20. The monoisotopic (exact) mass is 280 g/mol. The second-order valence-corrected chi connectivity index (χ2v) is 4.76. The first kappa shape index (κ1) is 16.6. The van der Waals surface area contributed by atoms with E-state index in [1.165, 1.54) is 6.07 Å². The number of hydrogen-bond acceptors (Lipinski definition) is 3. The Balaban J connectivity index is 2.74. The van der Waals surface area contributed by atoms with E-state index in [-0.39, 0.29) is 5.82 Å². The van der Waals surface area contributed by atoms with Crippen LogP contribution in [0.3, 0.4) is 0 Å². The van der Waals surface area contributed by atoms with Crippen molar-refractivity contribution >= 4 is 12.0 Å². The Kier molecular flexibility index (Phi) is 7.23. The Hall–Kier alpha value is -1.42. The average molecular weight is 280 g/mol. The smallest absolute Gasteiger partial charge is 0.152 e. The van der Waals surface area contributed by atoms with Crippen LogP contribution in [0.5, 0.6) is 0 Å². The van der Waals surface area contributed by atoms with Gasteiger partial charge in [0.2, 0.25) is 0 Å². The molecule has 0 atom stereocenters. The van der Waals surface area contributed by atoms with Gasteiger partial charge in [0.25, 0.3) is 0 Å². The molecule has 0 aliphatic heterocycles. The lowest BCUT2D eigenvalue weighted by Gasteiger charge is -2.26. The number of benzene rings is 1. The molecule has 4 heteroatoms. The first-order valence-electron chi connectivity index (χ1n) is 7.38. The second kappa shape index (κ2) is 8.69. The number of nitrogens with zero attached hydrogens (tertiary/aromatic N) is 2. The number of carbonyl (C=O) groups is 1. The van der Waals surface area contributed by atoms with E-state index >= 15 is 0 Å². The molecule has 0 unspecified atom stereocenters. The SMILES string of the molecule is CCN(CC)CCCN(CC)c1c(F)cccc1C=O. The fourth-order valence-corrected chi connectivity index (χ4v) is 2.41. The molecule has 1 aromatic carbocycles. The van der Waals surface area contributed by atoms with E-state index in [9.17, 15) is 9.18 Å². The van der Waals surface area contributed by atoms with E-state index in [1.54, 1.807) is 12.1 Å². The van der Waals surface area contributed by atoms with Gasteiger partial charge in [0, 0.05) is 18.7 Å². The molecule has 1 rings (SSSR count). The highest BCUT2D eigenvalue weighted by Crippen LogP contribution is 2.23. The zero-order valence-corrected chi connectivity index (χ0v) is 12.7. The van der Waals surface area contributed by atoms with Gasteiger partial charge in [-0.1, -0.05) is 19.9 Å². The molecule has 0 spiro atoms. The van der Waals surface area contributed by atoms with Gasteiger partial charge < -0.3 is 9.80 Å². The highest BCUT2D eigenvalue weighted by molar-refractivity contribution is 5.84. The number of aldehydes is 1. The largest absolute Gasteiger partial charge is 0.369 e. The first-order chi connectivity index (χ1) is 9.67. The molecule has 0 radical (unpaired) electrons. The van der Waals surface area contributed by atoms with Gasteiger partial charge in [-0.3, -0.25) is 4.79 Å². The molecule has 1 aromatic rings. The van der Waals surface area contributed by atoms with Crippen molar-refractivity contribution in [2.45, 2.75) is 27.2 Å². The van der Waals surface area contributed by atoms with E-state index < -0.39 is 0 Å². The van der Waals surface area contributed by atoms with Crippen LogP contribution in [-0.4, -0.2) is 43.9 Å². The van der Waals surface area contributed by atoms with Crippen LogP contribution in [-0.2, 0) is 0 Å². The van der Waals surface area contributed by atoms with Crippen LogP contribution in [0.2, 0.25) is 0 Å². The Morgan fingerprint density at radius 2 is 1.80 bits per heavy atom. The summed E-state index contributed by atoms with van der Waals surface area (Å²) in [6.45, 7) is 10.8. The minimum atomic E-state index is -0.320. The van der Waals surface area contributed by atoms with E-state index in [2.05, 4.69) is 18.7 Å². The van der Waals surface area contributed by atoms with Crippen LogP contribution < -0.4 is 4.90 Å². The van der Waals surface area contributed by atoms with Gasteiger partial charge in [-0.05, 0) is 45.1 Å². The highest BCUT2D eigenvalue weighted by atomic mass is 19.1. The quantitative estimate of drug-likeness (QED) is 0.649. The third kappa shape index (κ3) is 4.30. The van der Waals surface area contributed by atoms with Crippen molar-refractivity contribution in [3.8, 4) is 0 Å². The lowest BCUT2D eigenvalue weighted by atomic mass is 10.1. The van der Waals surface area contributed by atoms with Crippen molar-refractivity contribution in [1.29, 1.82) is 0 Å². The Bertz CT molecular complexity index is 419. The number of hydrogen-bond donors (Lipinski definition) is 0. The average Bonchev–Trinajstić information content (AvgIpc) is 2.48. The standard InChI is InChI=1S/C16H25FN2O/c1-4-18(5-2)11-8-12-19(6-3)16-14(13-20)9-7-10-15(16)17/h7,9-10,13H,4-6,8,11-12H2,1-3H3. The third-order valence-corrected chi connectivity index (χ3v) is 3.64. The molecule has 0 saturated carbocycles. The number of halogens is 1. The molecule has 0 amide bonds. The van der Waals surface area contributed by atoms with E-state index in [0.717, 1.165) is 38.9 Å². The van der Waals surface area contributed by atoms with Gasteiger partial charge in [0.15, 0.2) is 6.29 Å². The molecule has 0 aromatic heterocycles. The molecule has 0 N–H and O–H groups in total. The van der Waals surface area contributed by atoms with Gasteiger partial charge >= 0.3 is 0 Å². The van der Waals surface area contributed by atoms with Gasteiger partial charge in [-0.15, -0.1) is 0 Å². The zero-order chi connectivity index (χ0) is 15.0. The Morgan fingerprint density at radius 1 is 1.10 bits per heavy atom. The minimum absolute atomic E-state index is 0.320. The summed E-state index contributed by atoms with van der Waals surface area (Å²) in [5.74, 6) is -0.320. The molecule has 3 nitrogen and oxygen atoms in total. The lowest BCUT2D eigenvalue weighted by Crippen LogP contribution is -2.31. The van der Waals surface area contributed by atoms with Crippen molar-refractivity contribution in [3.63, 3.8) is 0 Å². The van der Waals surface area contributed by atoms with E-state index in [1.807, 2.05) is 11.8 Å². The summed E-state index contributed by atoms with van der Waals surface area (Å²) in [7, 11) is 0. The molecule has 0 aliphatic carbocycles. The molecular formula is C16H25FN2O. The van der Waals surface area contributed by atoms with Gasteiger partial charge in [-0.2, -0.15) is 0 Å². The summed E-state index contributed by atoms with van der Waals surface area (Å²) < 4.78 is 14.0. The van der Waals surface area contributed by atoms with Gasteiger partial charge in [0.1, 0.15) is 5.82 Å². The summed E-state index contributed by atoms with van der Waals surface area (Å²) in [4.78, 5) is 15.4. The number of rotatable bonds is 9. The molecule has 112 valence electrons. The molecule has 0 saturated heterocycles. The fraction of sp³-hybridized carbons (Fsp3) is 0.562. The maximum atomic E-state index is 14.0. The lowest BCUT2D eigenvalue weighted by molar-refractivity contribution is 0.112. The predicted molar refractivity (Wildman–Crippen MR) is 82.1 cm³/mol. The normalized spacial score (nSPS) is 10.8. The van der Waals surface area contributed by atoms with Crippen LogP contribution in [0.15, 0.2) is 18.2 Å². The van der Waals surface area contributed by atoms with E-state index in [0.29, 0.717) is 17.8 Å². The van der Waals surface area contributed by atoms with Crippen LogP contribution in [0.4, 0.5) is 10.1 Å². The topological polar surface area (TPSA) is 23.6 Å². The first-order valence-corrected chi connectivity index (χ1v) is 7.38. The van der Waals surface area contributed by atoms with Crippen molar-refractivity contribution in [2.75, 3.05) is 37.6 Å². The van der Waals surface area contributed by atoms with Crippen LogP contribution in [0, 0.1) is 5.82 Å². The van der Waals surface area contributed by atoms with Crippen molar-refractivity contribution in [2.24, 2.45) is 0 Å². The number of carbonyl (C=O) groups excluding carboxylic acids is 1. The molecule has 0 heterocycles. The Labute approximate surface area is 121 Å². The molecular weight excluding hydrogens is 255 g/mol. The van der Waals surface area contributed by atoms with E-state index in [4.69, 9.17) is 0 Å². The molecule has 0 fully saturated rings. The summed E-state index contributed by atoms with van der Waals surface area (Å²) in [5.41, 5.74) is 0.860. The fourth-order valence-electron chi connectivity index (χ4n) is 2.41. The summed E-state index contributed by atoms with van der Waals surface area (Å²) >= 11 is 0. The summed E-state index contributed by atoms with van der Waals surface area (Å²) in [6, 6.07) is 4.65. The van der Waals surface area contributed by atoms with Crippen LogP contribution in [0.1, 0.15) is 37.6 Å². The summed E-state index contributed by atoms with van der Waals surface area (Å²) in [6.07, 6.45) is 1.69. The van der Waals surface area contributed by atoms with Crippen molar-refractivity contribution in [3.05, 3.63) is 29.6 Å². The molecule has 20 heavy (non-hydrogen) atoms. The van der Waals surface area contributed by atoms with Gasteiger partial charge in [-0.25, -0.2) is 4.39 Å². The second-order valence-electron chi connectivity index (χ2n) is 4.76. The molecule has 0 aliphatic rings. The van der Waals surface area contributed by atoms with Crippen molar-refractivity contribution in [1.82, 2.24) is 4.90 Å². The number of anilines is 1.